The predicted octanol–water partition coefficient (Wildman–Crippen LogP) is 3.48. The van der Waals surface area contributed by atoms with Crippen molar-refractivity contribution in [2.45, 2.75) is 38.5 Å². The summed E-state index contributed by atoms with van der Waals surface area (Å²) in [5.74, 6) is -0.268. The van der Waals surface area contributed by atoms with Crippen LogP contribution >= 0.6 is 15.9 Å². The zero-order valence-electron chi connectivity index (χ0n) is 13.4. The van der Waals surface area contributed by atoms with Gasteiger partial charge in [-0.3, -0.25) is 4.79 Å². The number of allylic oxidation sites excluding steroid dienone is 4. The Labute approximate surface area is 150 Å². The van der Waals surface area contributed by atoms with Gasteiger partial charge in [-0.25, -0.2) is 8.42 Å². The van der Waals surface area contributed by atoms with E-state index >= 15 is 0 Å². The Morgan fingerprint density at radius 3 is 2.71 bits per heavy atom. The van der Waals surface area contributed by atoms with Crippen molar-refractivity contribution < 1.29 is 13.2 Å². The van der Waals surface area contributed by atoms with Crippen molar-refractivity contribution in [2.75, 3.05) is 5.75 Å². The maximum Gasteiger partial charge on any atom is 0.177 e. The first-order valence-electron chi connectivity index (χ1n) is 8.13. The zero-order chi connectivity index (χ0) is 17.1. The lowest BCUT2D eigenvalue weighted by Crippen LogP contribution is -2.32. The van der Waals surface area contributed by atoms with Gasteiger partial charge in [-0.05, 0) is 37.0 Å². The summed E-state index contributed by atoms with van der Waals surface area (Å²) in [4.78, 5) is 13.0. The van der Waals surface area contributed by atoms with Gasteiger partial charge in [0.2, 0.25) is 0 Å². The Morgan fingerprint density at radius 1 is 1.17 bits per heavy atom. The number of aryl methyl sites for hydroxylation is 1. The highest BCUT2D eigenvalue weighted by Gasteiger charge is 2.44. The molecule has 0 spiro atoms. The van der Waals surface area contributed by atoms with Gasteiger partial charge < -0.3 is 5.32 Å². The van der Waals surface area contributed by atoms with Crippen molar-refractivity contribution in [3.05, 3.63) is 55.7 Å². The van der Waals surface area contributed by atoms with E-state index in [1.807, 2.05) is 25.1 Å². The van der Waals surface area contributed by atoms with E-state index in [-0.39, 0.29) is 11.5 Å². The molecule has 0 unspecified atom stereocenters. The summed E-state index contributed by atoms with van der Waals surface area (Å²) in [6.07, 6.45) is 2.63. The van der Waals surface area contributed by atoms with Crippen LogP contribution in [-0.4, -0.2) is 20.0 Å². The molecule has 1 atom stereocenters. The first kappa shape index (κ1) is 16.1. The fourth-order valence-electron chi connectivity index (χ4n) is 3.88. The minimum atomic E-state index is -3.33. The van der Waals surface area contributed by atoms with Crippen LogP contribution in [-0.2, 0) is 14.6 Å². The van der Waals surface area contributed by atoms with Crippen molar-refractivity contribution in [1.29, 1.82) is 0 Å². The van der Waals surface area contributed by atoms with Crippen LogP contribution in [0.25, 0.3) is 0 Å². The van der Waals surface area contributed by atoms with Gasteiger partial charge in [0.25, 0.3) is 0 Å². The second kappa shape index (κ2) is 5.56. The molecule has 6 heteroatoms. The zero-order valence-corrected chi connectivity index (χ0v) is 15.8. The Bertz CT molecular complexity index is 928. The SMILES string of the molecule is Cc1ccc([C@H]2C3=C(CCCC3=O)NC3=C2S(=O)(=O)CC3)cc1Br. The Hall–Kier alpha value is -1.40. The first-order valence-corrected chi connectivity index (χ1v) is 10.6. The third-order valence-electron chi connectivity index (χ3n) is 5.09. The van der Waals surface area contributed by atoms with E-state index in [1.165, 1.54) is 0 Å². The number of halogens is 1. The van der Waals surface area contributed by atoms with Gasteiger partial charge >= 0.3 is 0 Å². The standard InChI is InChI=1S/C18H18BrNO3S/c1-10-5-6-11(9-12(10)19)16-17-13(3-2-4-15(17)21)20-14-7-8-24(22,23)18(14)16/h5-6,9,16,20H,2-4,7-8H2,1H3/t16-/m0/s1. The molecule has 0 fully saturated rings. The third-order valence-corrected chi connectivity index (χ3v) is 7.84. The van der Waals surface area contributed by atoms with Crippen LogP contribution in [0.2, 0.25) is 0 Å². The number of sulfone groups is 1. The number of ketones is 1. The fourth-order valence-corrected chi connectivity index (χ4v) is 6.11. The number of hydrogen-bond donors (Lipinski definition) is 1. The number of nitrogens with one attached hydrogen (secondary N) is 1. The van der Waals surface area contributed by atoms with Crippen molar-refractivity contribution in [3.8, 4) is 0 Å². The minimum Gasteiger partial charge on any atom is -0.361 e. The van der Waals surface area contributed by atoms with E-state index in [4.69, 9.17) is 0 Å². The van der Waals surface area contributed by atoms with Gasteiger partial charge in [0.1, 0.15) is 0 Å². The number of carbonyl (C=O) groups is 1. The summed E-state index contributed by atoms with van der Waals surface area (Å²) in [5, 5.41) is 3.28. The van der Waals surface area contributed by atoms with Crippen LogP contribution in [0.4, 0.5) is 0 Å². The lowest BCUT2D eigenvalue weighted by molar-refractivity contribution is -0.116. The molecule has 0 radical (unpaired) electrons. The Morgan fingerprint density at radius 2 is 1.96 bits per heavy atom. The van der Waals surface area contributed by atoms with Gasteiger partial charge in [-0.1, -0.05) is 28.1 Å². The van der Waals surface area contributed by atoms with Crippen LogP contribution in [0.1, 0.15) is 42.7 Å². The van der Waals surface area contributed by atoms with Crippen LogP contribution < -0.4 is 5.32 Å². The molecule has 0 saturated heterocycles. The molecule has 0 amide bonds. The molecule has 2 aliphatic heterocycles. The van der Waals surface area contributed by atoms with Crippen molar-refractivity contribution in [1.82, 2.24) is 5.32 Å². The molecule has 0 bridgehead atoms. The fraction of sp³-hybridized carbons (Fsp3) is 0.389. The molecule has 0 saturated carbocycles. The van der Waals surface area contributed by atoms with E-state index in [0.29, 0.717) is 23.3 Å². The number of Topliss-reactive ketones (excluding diaryl/α,β-unsaturated/α-hetero) is 1. The largest absolute Gasteiger partial charge is 0.361 e. The van der Waals surface area contributed by atoms with E-state index in [9.17, 15) is 13.2 Å². The molecule has 2 heterocycles. The van der Waals surface area contributed by atoms with E-state index in [0.717, 1.165) is 39.8 Å². The Kier molecular flexibility index (Phi) is 3.73. The highest BCUT2D eigenvalue weighted by molar-refractivity contribution is 9.10. The predicted molar refractivity (Wildman–Crippen MR) is 96.1 cm³/mol. The molecule has 0 aromatic heterocycles. The number of dihydropyridines is 1. The molecule has 4 rings (SSSR count). The van der Waals surface area contributed by atoms with E-state index in [1.54, 1.807) is 0 Å². The summed E-state index contributed by atoms with van der Waals surface area (Å²) in [6.45, 7) is 1.99. The number of carbonyl (C=O) groups excluding carboxylic acids is 1. The molecule has 4 nitrogen and oxygen atoms in total. The third kappa shape index (κ3) is 2.39. The number of rotatable bonds is 1. The smallest absolute Gasteiger partial charge is 0.177 e. The minimum absolute atomic E-state index is 0.0686. The van der Waals surface area contributed by atoms with Crippen molar-refractivity contribution >= 4 is 31.6 Å². The molecule has 3 aliphatic rings. The van der Waals surface area contributed by atoms with Gasteiger partial charge in [0, 0.05) is 34.3 Å². The maximum absolute atomic E-state index is 12.7. The molecule has 24 heavy (non-hydrogen) atoms. The van der Waals surface area contributed by atoms with Crippen LogP contribution in [0, 0.1) is 6.92 Å². The lowest BCUT2D eigenvalue weighted by Gasteiger charge is -2.33. The number of benzene rings is 1. The molecular weight excluding hydrogens is 390 g/mol. The summed E-state index contributed by atoms with van der Waals surface area (Å²) >= 11 is 3.53. The van der Waals surface area contributed by atoms with E-state index in [2.05, 4.69) is 21.2 Å². The summed E-state index contributed by atoms with van der Waals surface area (Å²) < 4.78 is 26.3. The summed E-state index contributed by atoms with van der Waals surface area (Å²) in [5.41, 5.74) is 4.31. The second-order valence-electron chi connectivity index (χ2n) is 6.65. The quantitative estimate of drug-likeness (QED) is 0.773. The molecule has 126 valence electrons. The molecular formula is C18H18BrNO3S. The number of hydrogen-bond acceptors (Lipinski definition) is 4. The first-order chi connectivity index (χ1) is 11.4. The second-order valence-corrected chi connectivity index (χ2v) is 9.58. The van der Waals surface area contributed by atoms with E-state index < -0.39 is 15.8 Å². The van der Waals surface area contributed by atoms with Crippen LogP contribution in [0.5, 0.6) is 0 Å². The molecule has 1 aromatic rings. The lowest BCUT2D eigenvalue weighted by atomic mass is 9.79. The molecule has 1 aromatic carbocycles. The van der Waals surface area contributed by atoms with Gasteiger partial charge in [-0.15, -0.1) is 0 Å². The maximum atomic E-state index is 12.7. The highest BCUT2D eigenvalue weighted by atomic mass is 79.9. The average Bonchev–Trinajstić information content (AvgIpc) is 2.84. The average molecular weight is 408 g/mol. The van der Waals surface area contributed by atoms with Gasteiger partial charge in [0.15, 0.2) is 15.6 Å². The summed E-state index contributed by atoms with van der Waals surface area (Å²) in [7, 11) is -3.33. The van der Waals surface area contributed by atoms with Gasteiger partial charge in [0.05, 0.1) is 16.6 Å². The molecule has 1 N–H and O–H groups in total. The van der Waals surface area contributed by atoms with Crippen LogP contribution in [0.3, 0.4) is 0 Å². The van der Waals surface area contributed by atoms with Crippen molar-refractivity contribution in [3.63, 3.8) is 0 Å². The van der Waals surface area contributed by atoms with Crippen LogP contribution in [0.15, 0.2) is 44.5 Å². The van der Waals surface area contributed by atoms with Crippen molar-refractivity contribution in [2.24, 2.45) is 0 Å². The summed E-state index contributed by atoms with van der Waals surface area (Å²) in [6, 6.07) is 5.87. The normalized spacial score (nSPS) is 25.4. The topological polar surface area (TPSA) is 63.2 Å². The molecule has 1 aliphatic carbocycles. The highest BCUT2D eigenvalue weighted by Crippen LogP contribution is 2.47. The van der Waals surface area contributed by atoms with Gasteiger partial charge in [-0.2, -0.15) is 0 Å². The monoisotopic (exact) mass is 407 g/mol. The Balaban J connectivity index is 1.96.